The number of carbonyl (C=O) groups excluding carboxylic acids is 2. The zero-order valence-corrected chi connectivity index (χ0v) is 15.4. The molecule has 24 heavy (non-hydrogen) atoms. The second-order valence-corrected chi connectivity index (χ2v) is 6.30. The lowest BCUT2D eigenvalue weighted by Crippen LogP contribution is -2.39. The largest absolute Gasteiger partial charge is 0.383 e. The highest BCUT2D eigenvalue weighted by Crippen LogP contribution is 2.20. The molecule has 0 saturated carbocycles. The molecule has 1 aromatic rings. The number of nitrogens with one attached hydrogen (secondary N) is 3. The van der Waals surface area contributed by atoms with Gasteiger partial charge < -0.3 is 20.7 Å². The van der Waals surface area contributed by atoms with Gasteiger partial charge in [0.05, 0.1) is 23.7 Å². The first-order chi connectivity index (χ1) is 11.3. The standard InChI is InChI=1S/C17H26ClN3O3/c1-11(2)12(3)21-16(22)10-20-13-5-6-14(15(18)9-13)17(23)19-7-8-24-4/h5-6,9,11-12,20H,7-8,10H2,1-4H3,(H,19,23)(H,21,22). The monoisotopic (exact) mass is 355 g/mol. The molecule has 0 aromatic heterocycles. The van der Waals surface area contributed by atoms with Crippen LogP contribution in [0.15, 0.2) is 18.2 Å². The second kappa shape index (κ2) is 10.2. The minimum absolute atomic E-state index is 0.0892. The topological polar surface area (TPSA) is 79.5 Å². The van der Waals surface area contributed by atoms with Crippen molar-refractivity contribution in [1.29, 1.82) is 0 Å². The quantitative estimate of drug-likeness (QED) is 0.594. The Balaban J connectivity index is 2.55. The molecule has 1 aromatic carbocycles. The molecule has 0 aliphatic carbocycles. The van der Waals surface area contributed by atoms with Gasteiger partial charge in [-0.2, -0.15) is 0 Å². The Morgan fingerprint density at radius 3 is 2.54 bits per heavy atom. The molecule has 2 amide bonds. The van der Waals surface area contributed by atoms with Gasteiger partial charge in [0.1, 0.15) is 0 Å². The third-order valence-electron chi connectivity index (χ3n) is 3.65. The number of methoxy groups -OCH3 is 1. The molecule has 0 saturated heterocycles. The summed E-state index contributed by atoms with van der Waals surface area (Å²) in [5.74, 6) is 0.0279. The molecule has 7 heteroatoms. The van der Waals surface area contributed by atoms with Crippen LogP contribution in [0.2, 0.25) is 5.02 Å². The third-order valence-corrected chi connectivity index (χ3v) is 3.96. The fourth-order valence-electron chi connectivity index (χ4n) is 1.83. The van der Waals surface area contributed by atoms with Gasteiger partial charge >= 0.3 is 0 Å². The van der Waals surface area contributed by atoms with Crippen LogP contribution in [0.1, 0.15) is 31.1 Å². The molecule has 1 rings (SSSR count). The lowest BCUT2D eigenvalue weighted by atomic mass is 10.1. The van der Waals surface area contributed by atoms with E-state index in [1.54, 1.807) is 25.3 Å². The zero-order chi connectivity index (χ0) is 18.1. The minimum Gasteiger partial charge on any atom is -0.383 e. The molecular formula is C17H26ClN3O3. The average molecular weight is 356 g/mol. The van der Waals surface area contributed by atoms with Gasteiger partial charge in [0, 0.05) is 25.4 Å². The van der Waals surface area contributed by atoms with Crippen molar-refractivity contribution in [3.8, 4) is 0 Å². The van der Waals surface area contributed by atoms with Gasteiger partial charge in [-0.3, -0.25) is 9.59 Å². The first-order valence-corrected chi connectivity index (χ1v) is 8.32. The highest BCUT2D eigenvalue weighted by Gasteiger charge is 2.12. The van der Waals surface area contributed by atoms with Crippen LogP contribution in [0, 0.1) is 5.92 Å². The molecule has 0 spiro atoms. The van der Waals surface area contributed by atoms with E-state index < -0.39 is 0 Å². The van der Waals surface area contributed by atoms with E-state index in [0.717, 1.165) is 0 Å². The van der Waals surface area contributed by atoms with Crippen LogP contribution in [0.3, 0.4) is 0 Å². The normalized spacial score (nSPS) is 11.9. The number of ether oxygens (including phenoxy) is 1. The lowest BCUT2D eigenvalue weighted by Gasteiger charge is -2.18. The van der Waals surface area contributed by atoms with Gasteiger partial charge in [0.15, 0.2) is 0 Å². The van der Waals surface area contributed by atoms with E-state index in [-0.39, 0.29) is 24.4 Å². The summed E-state index contributed by atoms with van der Waals surface area (Å²) in [5, 5.41) is 8.95. The summed E-state index contributed by atoms with van der Waals surface area (Å²) in [7, 11) is 1.57. The summed E-state index contributed by atoms with van der Waals surface area (Å²) >= 11 is 6.15. The smallest absolute Gasteiger partial charge is 0.252 e. The number of halogens is 1. The number of rotatable bonds is 9. The van der Waals surface area contributed by atoms with Crippen molar-refractivity contribution in [3.63, 3.8) is 0 Å². The fourth-order valence-corrected chi connectivity index (χ4v) is 2.09. The summed E-state index contributed by atoms with van der Waals surface area (Å²) in [5.41, 5.74) is 1.07. The van der Waals surface area contributed by atoms with Gasteiger partial charge in [0.25, 0.3) is 5.91 Å². The van der Waals surface area contributed by atoms with Crippen molar-refractivity contribution >= 4 is 29.1 Å². The van der Waals surface area contributed by atoms with E-state index in [4.69, 9.17) is 16.3 Å². The van der Waals surface area contributed by atoms with E-state index in [0.29, 0.717) is 35.3 Å². The van der Waals surface area contributed by atoms with Crippen LogP contribution in [-0.2, 0) is 9.53 Å². The highest BCUT2D eigenvalue weighted by atomic mass is 35.5. The molecule has 0 aliphatic heterocycles. The Hall–Kier alpha value is -1.79. The Bertz CT molecular complexity index is 564. The number of hydrogen-bond donors (Lipinski definition) is 3. The maximum Gasteiger partial charge on any atom is 0.252 e. The maximum atomic E-state index is 12.0. The van der Waals surface area contributed by atoms with E-state index in [9.17, 15) is 9.59 Å². The summed E-state index contributed by atoms with van der Waals surface area (Å²) in [6, 6.07) is 5.09. The molecule has 1 atom stereocenters. The average Bonchev–Trinajstić information content (AvgIpc) is 2.53. The van der Waals surface area contributed by atoms with E-state index in [2.05, 4.69) is 29.8 Å². The van der Waals surface area contributed by atoms with Crippen molar-refractivity contribution in [2.45, 2.75) is 26.8 Å². The Morgan fingerprint density at radius 1 is 1.25 bits per heavy atom. The predicted octanol–water partition coefficient (Wildman–Crippen LogP) is 2.29. The van der Waals surface area contributed by atoms with Gasteiger partial charge in [0.2, 0.25) is 5.91 Å². The molecule has 6 nitrogen and oxygen atoms in total. The van der Waals surface area contributed by atoms with Crippen LogP contribution in [-0.4, -0.2) is 44.7 Å². The van der Waals surface area contributed by atoms with Gasteiger partial charge in [-0.05, 0) is 31.0 Å². The van der Waals surface area contributed by atoms with Crippen LogP contribution in [0.5, 0.6) is 0 Å². The number of anilines is 1. The summed E-state index contributed by atoms with van der Waals surface area (Å²) in [4.78, 5) is 23.8. The van der Waals surface area contributed by atoms with Gasteiger partial charge in [-0.15, -0.1) is 0 Å². The number of carbonyl (C=O) groups is 2. The molecular weight excluding hydrogens is 330 g/mol. The van der Waals surface area contributed by atoms with Gasteiger partial charge in [-0.25, -0.2) is 0 Å². The van der Waals surface area contributed by atoms with Crippen LogP contribution in [0.25, 0.3) is 0 Å². The van der Waals surface area contributed by atoms with Crippen molar-refractivity contribution < 1.29 is 14.3 Å². The van der Waals surface area contributed by atoms with E-state index in [1.165, 1.54) is 0 Å². The Labute approximate surface area is 148 Å². The third kappa shape index (κ3) is 6.76. The van der Waals surface area contributed by atoms with Crippen LogP contribution >= 0.6 is 11.6 Å². The number of hydrogen-bond acceptors (Lipinski definition) is 4. The van der Waals surface area contributed by atoms with E-state index >= 15 is 0 Å². The minimum atomic E-state index is -0.257. The van der Waals surface area contributed by atoms with E-state index in [1.807, 2.05) is 6.92 Å². The maximum absolute atomic E-state index is 12.0. The zero-order valence-electron chi connectivity index (χ0n) is 14.6. The highest BCUT2D eigenvalue weighted by molar-refractivity contribution is 6.34. The molecule has 134 valence electrons. The van der Waals surface area contributed by atoms with Crippen molar-refractivity contribution in [2.75, 3.05) is 32.1 Å². The van der Waals surface area contributed by atoms with Gasteiger partial charge in [-0.1, -0.05) is 25.4 Å². The molecule has 0 fully saturated rings. The molecule has 0 heterocycles. The van der Waals surface area contributed by atoms with Crippen molar-refractivity contribution in [1.82, 2.24) is 10.6 Å². The summed E-state index contributed by atoms with van der Waals surface area (Å²) in [6.07, 6.45) is 0. The lowest BCUT2D eigenvalue weighted by molar-refractivity contribution is -0.120. The van der Waals surface area contributed by atoms with Crippen LogP contribution in [0.4, 0.5) is 5.69 Å². The SMILES string of the molecule is COCCNC(=O)c1ccc(NCC(=O)NC(C)C(C)C)cc1Cl. The predicted molar refractivity (Wildman–Crippen MR) is 96.6 cm³/mol. The van der Waals surface area contributed by atoms with Crippen molar-refractivity contribution in [3.05, 3.63) is 28.8 Å². The summed E-state index contributed by atoms with van der Waals surface area (Å²) in [6.45, 7) is 7.07. The fraction of sp³-hybridized carbons (Fsp3) is 0.529. The molecule has 0 aliphatic rings. The number of amides is 2. The molecule has 0 bridgehead atoms. The first kappa shape index (κ1) is 20.3. The van der Waals surface area contributed by atoms with Crippen LogP contribution < -0.4 is 16.0 Å². The molecule has 3 N–H and O–H groups in total. The Morgan fingerprint density at radius 2 is 1.96 bits per heavy atom. The van der Waals surface area contributed by atoms with Crippen molar-refractivity contribution in [2.24, 2.45) is 5.92 Å². The summed E-state index contributed by atoms with van der Waals surface area (Å²) < 4.78 is 4.88. The number of benzene rings is 1. The second-order valence-electron chi connectivity index (χ2n) is 5.90. The molecule has 1 unspecified atom stereocenters. The Kier molecular flexibility index (Phi) is 8.57. The molecule has 0 radical (unpaired) electrons. The first-order valence-electron chi connectivity index (χ1n) is 7.95.